The Morgan fingerprint density at radius 3 is 2.77 bits per heavy atom. The third-order valence-electron chi connectivity index (χ3n) is 3.59. The van der Waals surface area contributed by atoms with Crippen LogP contribution in [-0.4, -0.2) is 5.54 Å². The summed E-state index contributed by atoms with van der Waals surface area (Å²) in [5, 5.41) is 0. The smallest absolute Gasteiger partial charge is 0.0157 e. The molecule has 1 aliphatic rings. The standard InChI is InChI=1S/C12H25N/c1-3-5-8-12(13)9-6-7-11(4-2)10-12/h11H,3-10,13H2,1-2H3. The maximum absolute atomic E-state index is 6.41. The summed E-state index contributed by atoms with van der Waals surface area (Å²) in [5.74, 6) is 0.913. The predicted molar refractivity (Wildman–Crippen MR) is 58.7 cm³/mol. The fourth-order valence-electron chi connectivity index (χ4n) is 2.63. The number of hydrogen-bond donors (Lipinski definition) is 1. The summed E-state index contributed by atoms with van der Waals surface area (Å²) in [6.45, 7) is 4.56. The van der Waals surface area contributed by atoms with Crippen LogP contribution in [0.15, 0.2) is 0 Å². The molecule has 0 amide bonds. The van der Waals surface area contributed by atoms with Gasteiger partial charge < -0.3 is 5.73 Å². The van der Waals surface area contributed by atoms with Crippen LogP contribution in [0.3, 0.4) is 0 Å². The van der Waals surface area contributed by atoms with Crippen molar-refractivity contribution in [2.24, 2.45) is 11.7 Å². The van der Waals surface area contributed by atoms with Crippen LogP contribution >= 0.6 is 0 Å². The van der Waals surface area contributed by atoms with E-state index in [9.17, 15) is 0 Å². The average Bonchev–Trinajstić information content (AvgIpc) is 2.15. The Labute approximate surface area is 83.1 Å². The van der Waals surface area contributed by atoms with Gasteiger partial charge in [0.25, 0.3) is 0 Å². The van der Waals surface area contributed by atoms with Crippen molar-refractivity contribution < 1.29 is 0 Å². The molecule has 0 bridgehead atoms. The molecule has 1 aliphatic carbocycles. The molecule has 1 saturated carbocycles. The number of nitrogens with two attached hydrogens (primary N) is 1. The molecule has 0 aromatic heterocycles. The summed E-state index contributed by atoms with van der Waals surface area (Å²) in [6, 6.07) is 0. The zero-order chi connectivity index (χ0) is 9.73. The Kier molecular flexibility index (Phi) is 4.24. The van der Waals surface area contributed by atoms with Crippen LogP contribution in [0.1, 0.15) is 65.2 Å². The van der Waals surface area contributed by atoms with Gasteiger partial charge in [0.2, 0.25) is 0 Å². The first-order valence-electron chi connectivity index (χ1n) is 5.99. The molecule has 0 heterocycles. The maximum Gasteiger partial charge on any atom is 0.0157 e. The van der Waals surface area contributed by atoms with Crippen molar-refractivity contribution in [1.29, 1.82) is 0 Å². The van der Waals surface area contributed by atoms with Gasteiger partial charge in [-0.2, -0.15) is 0 Å². The highest BCUT2D eigenvalue weighted by Gasteiger charge is 2.30. The fourth-order valence-corrected chi connectivity index (χ4v) is 2.63. The molecule has 0 aromatic rings. The van der Waals surface area contributed by atoms with Crippen LogP contribution in [0.4, 0.5) is 0 Å². The third kappa shape index (κ3) is 3.30. The predicted octanol–water partition coefficient (Wildman–Crippen LogP) is 3.47. The molecule has 0 saturated heterocycles. The highest BCUT2D eigenvalue weighted by atomic mass is 14.7. The first kappa shape index (κ1) is 11.0. The summed E-state index contributed by atoms with van der Waals surface area (Å²) in [4.78, 5) is 0. The summed E-state index contributed by atoms with van der Waals surface area (Å²) < 4.78 is 0. The molecule has 0 aromatic carbocycles. The van der Waals surface area contributed by atoms with E-state index >= 15 is 0 Å². The lowest BCUT2D eigenvalue weighted by atomic mass is 9.73. The van der Waals surface area contributed by atoms with Crippen LogP contribution < -0.4 is 5.73 Å². The van der Waals surface area contributed by atoms with E-state index in [-0.39, 0.29) is 5.54 Å². The second kappa shape index (κ2) is 4.99. The van der Waals surface area contributed by atoms with Crippen molar-refractivity contribution in [2.75, 3.05) is 0 Å². The normalized spacial score (nSPS) is 34.8. The Balaban J connectivity index is 2.37. The molecule has 1 fully saturated rings. The number of rotatable bonds is 4. The van der Waals surface area contributed by atoms with Gasteiger partial charge in [-0.25, -0.2) is 0 Å². The van der Waals surface area contributed by atoms with E-state index in [1.54, 1.807) is 0 Å². The van der Waals surface area contributed by atoms with E-state index in [0.717, 1.165) is 5.92 Å². The molecule has 2 N–H and O–H groups in total. The van der Waals surface area contributed by atoms with Crippen molar-refractivity contribution in [3.63, 3.8) is 0 Å². The van der Waals surface area contributed by atoms with Gasteiger partial charge in [-0.1, -0.05) is 46.0 Å². The van der Waals surface area contributed by atoms with E-state index in [0.29, 0.717) is 0 Å². The van der Waals surface area contributed by atoms with E-state index in [1.165, 1.54) is 51.4 Å². The SMILES string of the molecule is CCCCC1(N)CCCC(CC)C1. The van der Waals surface area contributed by atoms with Crippen molar-refractivity contribution in [2.45, 2.75) is 70.8 Å². The zero-order valence-electron chi connectivity index (χ0n) is 9.31. The molecule has 13 heavy (non-hydrogen) atoms. The van der Waals surface area contributed by atoms with Crippen LogP contribution in [0.2, 0.25) is 0 Å². The minimum Gasteiger partial charge on any atom is -0.325 e. The van der Waals surface area contributed by atoms with Crippen molar-refractivity contribution in [3.8, 4) is 0 Å². The molecule has 0 aliphatic heterocycles. The van der Waals surface area contributed by atoms with Crippen LogP contribution in [0, 0.1) is 5.92 Å². The lowest BCUT2D eigenvalue weighted by Gasteiger charge is -2.38. The second-order valence-corrected chi connectivity index (χ2v) is 4.84. The van der Waals surface area contributed by atoms with Gasteiger partial charge in [-0.15, -0.1) is 0 Å². The van der Waals surface area contributed by atoms with Gasteiger partial charge in [0.1, 0.15) is 0 Å². The monoisotopic (exact) mass is 183 g/mol. The van der Waals surface area contributed by atoms with Gasteiger partial charge in [0.15, 0.2) is 0 Å². The molecule has 2 atom stereocenters. The van der Waals surface area contributed by atoms with Gasteiger partial charge in [-0.05, 0) is 25.2 Å². The van der Waals surface area contributed by atoms with E-state index < -0.39 is 0 Å². The summed E-state index contributed by atoms with van der Waals surface area (Å²) in [6.07, 6.45) is 10.5. The van der Waals surface area contributed by atoms with Gasteiger partial charge >= 0.3 is 0 Å². The lowest BCUT2D eigenvalue weighted by molar-refractivity contribution is 0.204. The molecule has 1 nitrogen and oxygen atoms in total. The Hall–Kier alpha value is -0.0400. The fraction of sp³-hybridized carbons (Fsp3) is 1.00. The van der Waals surface area contributed by atoms with E-state index in [4.69, 9.17) is 5.73 Å². The maximum atomic E-state index is 6.41. The second-order valence-electron chi connectivity index (χ2n) is 4.84. The van der Waals surface area contributed by atoms with Crippen LogP contribution in [0.5, 0.6) is 0 Å². The minimum atomic E-state index is 0.203. The highest BCUT2D eigenvalue weighted by Crippen LogP contribution is 2.35. The summed E-state index contributed by atoms with van der Waals surface area (Å²) >= 11 is 0. The van der Waals surface area contributed by atoms with Crippen molar-refractivity contribution in [1.82, 2.24) is 0 Å². The number of unbranched alkanes of at least 4 members (excludes halogenated alkanes) is 1. The molecular formula is C12H25N. The Morgan fingerprint density at radius 2 is 2.15 bits per heavy atom. The molecule has 0 spiro atoms. The highest BCUT2D eigenvalue weighted by molar-refractivity contribution is 4.89. The third-order valence-corrected chi connectivity index (χ3v) is 3.59. The van der Waals surface area contributed by atoms with Crippen LogP contribution in [0.25, 0.3) is 0 Å². The summed E-state index contributed by atoms with van der Waals surface area (Å²) in [5.41, 5.74) is 6.61. The molecule has 1 heteroatoms. The molecular weight excluding hydrogens is 158 g/mol. The Bertz CT molecular complexity index is 144. The Morgan fingerprint density at radius 1 is 1.38 bits per heavy atom. The topological polar surface area (TPSA) is 26.0 Å². The molecule has 1 rings (SSSR count). The van der Waals surface area contributed by atoms with Gasteiger partial charge in [0, 0.05) is 5.54 Å². The first-order valence-corrected chi connectivity index (χ1v) is 5.99. The first-order chi connectivity index (χ1) is 6.20. The van der Waals surface area contributed by atoms with E-state index in [1.807, 2.05) is 0 Å². The molecule has 78 valence electrons. The lowest BCUT2D eigenvalue weighted by Crippen LogP contribution is -2.44. The average molecular weight is 183 g/mol. The molecule has 2 unspecified atom stereocenters. The van der Waals surface area contributed by atoms with E-state index in [2.05, 4.69) is 13.8 Å². The van der Waals surface area contributed by atoms with Crippen molar-refractivity contribution in [3.05, 3.63) is 0 Å². The van der Waals surface area contributed by atoms with Crippen LogP contribution in [-0.2, 0) is 0 Å². The quantitative estimate of drug-likeness (QED) is 0.709. The van der Waals surface area contributed by atoms with Gasteiger partial charge in [0.05, 0.1) is 0 Å². The largest absolute Gasteiger partial charge is 0.325 e. The minimum absolute atomic E-state index is 0.203. The van der Waals surface area contributed by atoms with Crippen molar-refractivity contribution >= 4 is 0 Å². The summed E-state index contributed by atoms with van der Waals surface area (Å²) in [7, 11) is 0. The zero-order valence-corrected chi connectivity index (χ0v) is 9.31. The molecule has 0 radical (unpaired) electrons. The number of hydrogen-bond acceptors (Lipinski definition) is 1. The van der Waals surface area contributed by atoms with Gasteiger partial charge in [-0.3, -0.25) is 0 Å².